The van der Waals surface area contributed by atoms with Crippen molar-refractivity contribution in [2.24, 2.45) is 0 Å². The predicted molar refractivity (Wildman–Crippen MR) is 97.9 cm³/mol. The molecule has 0 amide bonds. The molecule has 9 nitrogen and oxygen atoms in total. The molecule has 0 bridgehead atoms. The number of methoxy groups -OCH3 is 2. The van der Waals surface area contributed by atoms with E-state index in [-0.39, 0.29) is 17.4 Å². The number of furan rings is 1. The Kier molecular flexibility index (Phi) is 6.21. The van der Waals surface area contributed by atoms with Crippen LogP contribution in [0.4, 0.5) is 5.88 Å². The van der Waals surface area contributed by atoms with Crippen molar-refractivity contribution < 1.29 is 36.9 Å². The third-order valence-corrected chi connectivity index (χ3v) is 4.90. The first-order chi connectivity index (χ1) is 12.7. The second kappa shape index (κ2) is 8.21. The predicted octanol–water partition coefficient (Wildman–Crippen LogP) is 2.75. The van der Waals surface area contributed by atoms with Crippen molar-refractivity contribution >= 4 is 21.9 Å². The van der Waals surface area contributed by atoms with Gasteiger partial charge in [0.1, 0.15) is 0 Å². The van der Waals surface area contributed by atoms with Crippen molar-refractivity contribution in [1.29, 1.82) is 0 Å². The highest BCUT2D eigenvalue weighted by atomic mass is 32.2. The highest BCUT2D eigenvalue weighted by Gasteiger charge is 2.27. The first-order valence-corrected chi connectivity index (χ1v) is 9.64. The number of hydrogen-bond donors (Lipinski definition) is 2. The Hall–Kier alpha value is -2.88. The summed E-state index contributed by atoms with van der Waals surface area (Å²) in [5.74, 6) is -1.51. The topological polar surface area (TPSA) is 124 Å². The lowest BCUT2D eigenvalue weighted by Gasteiger charge is -2.08. The summed E-state index contributed by atoms with van der Waals surface area (Å²) in [7, 11) is -0.827. The third-order valence-electron chi connectivity index (χ3n) is 3.45. The van der Waals surface area contributed by atoms with Gasteiger partial charge in [-0.15, -0.1) is 0 Å². The van der Waals surface area contributed by atoms with E-state index in [1.54, 1.807) is 19.1 Å². The molecule has 2 rings (SSSR count). The van der Waals surface area contributed by atoms with E-state index in [0.717, 1.165) is 6.92 Å². The fraction of sp³-hybridized carbons (Fsp3) is 0.353. The summed E-state index contributed by atoms with van der Waals surface area (Å²) < 4.78 is 47.1. The molecule has 27 heavy (non-hydrogen) atoms. The first kappa shape index (κ1) is 20.4. The number of benzene rings is 1. The van der Waals surface area contributed by atoms with Gasteiger partial charge in [-0.1, -0.05) is 6.92 Å². The van der Waals surface area contributed by atoms with Crippen LogP contribution in [-0.2, 0) is 14.8 Å². The molecule has 1 aromatic carbocycles. The Morgan fingerprint density at radius 2 is 1.89 bits per heavy atom. The molecule has 0 fully saturated rings. The maximum atomic E-state index is 12.0. The zero-order chi connectivity index (χ0) is 20.2. The van der Waals surface area contributed by atoms with Gasteiger partial charge in [-0.2, -0.15) is 0 Å². The maximum absolute atomic E-state index is 12.0. The molecular weight excluding hydrogens is 378 g/mol. The van der Waals surface area contributed by atoms with Gasteiger partial charge in [0, 0.05) is 12.5 Å². The molecule has 0 radical (unpaired) electrons. The second-order valence-corrected chi connectivity index (χ2v) is 7.36. The largest absolute Gasteiger partial charge is 0.502 e. The minimum atomic E-state index is -3.74. The molecule has 0 aliphatic rings. The van der Waals surface area contributed by atoms with Gasteiger partial charge >= 0.3 is 5.97 Å². The van der Waals surface area contributed by atoms with Crippen LogP contribution < -0.4 is 18.9 Å². The Bertz CT molecular complexity index is 933. The average Bonchev–Trinajstić information content (AvgIpc) is 2.89. The van der Waals surface area contributed by atoms with Crippen molar-refractivity contribution in [3.63, 3.8) is 0 Å². The molecule has 1 aromatic heterocycles. The van der Waals surface area contributed by atoms with Gasteiger partial charge < -0.3 is 23.7 Å². The molecule has 0 saturated heterocycles. The van der Waals surface area contributed by atoms with Gasteiger partial charge in [0.2, 0.25) is 21.5 Å². The number of nitrogens with one attached hydrogen (secondary N) is 1. The first-order valence-electron chi connectivity index (χ1n) is 7.99. The lowest BCUT2D eigenvalue weighted by atomic mass is 10.1. The monoisotopic (exact) mass is 399 g/mol. The highest BCUT2D eigenvalue weighted by Crippen LogP contribution is 2.47. The molecule has 148 valence electrons. The quantitative estimate of drug-likeness (QED) is 0.649. The van der Waals surface area contributed by atoms with Crippen LogP contribution in [0.25, 0.3) is 11.3 Å². The number of esters is 1. The van der Waals surface area contributed by atoms with Crippen LogP contribution in [0.1, 0.15) is 20.3 Å². The molecular formula is C17H21NO8S. The molecule has 0 aliphatic heterocycles. The van der Waals surface area contributed by atoms with E-state index in [2.05, 4.69) is 4.72 Å². The van der Waals surface area contributed by atoms with E-state index in [9.17, 15) is 18.3 Å². The van der Waals surface area contributed by atoms with Crippen LogP contribution in [0.5, 0.6) is 23.0 Å². The summed E-state index contributed by atoms with van der Waals surface area (Å²) in [5.41, 5.74) is 0.361. The van der Waals surface area contributed by atoms with Crippen molar-refractivity contribution in [2.75, 3.05) is 24.7 Å². The fourth-order valence-corrected chi connectivity index (χ4v) is 3.40. The van der Waals surface area contributed by atoms with E-state index in [0.29, 0.717) is 23.5 Å². The van der Waals surface area contributed by atoms with Crippen molar-refractivity contribution in [2.45, 2.75) is 20.3 Å². The summed E-state index contributed by atoms with van der Waals surface area (Å²) in [4.78, 5) is 11.3. The Labute approximate surface area is 156 Å². The second-order valence-electron chi connectivity index (χ2n) is 5.52. The number of rotatable bonds is 8. The van der Waals surface area contributed by atoms with E-state index in [1.165, 1.54) is 20.3 Å². The van der Waals surface area contributed by atoms with Gasteiger partial charge in [0.05, 0.1) is 20.0 Å². The number of hydrogen-bond acceptors (Lipinski definition) is 8. The summed E-state index contributed by atoms with van der Waals surface area (Å²) >= 11 is 0. The molecule has 2 N–H and O–H groups in total. The number of carbonyl (C=O) groups is 1. The van der Waals surface area contributed by atoms with Gasteiger partial charge in [-0.3, -0.25) is 4.79 Å². The third kappa shape index (κ3) is 4.64. The van der Waals surface area contributed by atoms with Crippen LogP contribution in [0, 0.1) is 0 Å². The summed E-state index contributed by atoms with van der Waals surface area (Å²) in [6, 6.07) is 4.68. The van der Waals surface area contributed by atoms with E-state index in [4.69, 9.17) is 18.6 Å². The van der Waals surface area contributed by atoms with Crippen molar-refractivity contribution in [3.05, 3.63) is 18.2 Å². The number of aromatic hydroxyl groups is 1. The number of ether oxygens (including phenoxy) is 3. The molecule has 10 heteroatoms. The molecule has 0 saturated carbocycles. The molecule has 0 aliphatic carbocycles. The number of anilines is 1. The van der Waals surface area contributed by atoms with Crippen LogP contribution in [0.15, 0.2) is 22.6 Å². The highest BCUT2D eigenvalue weighted by molar-refractivity contribution is 7.92. The van der Waals surface area contributed by atoms with Crippen LogP contribution in [-0.4, -0.2) is 39.5 Å². The van der Waals surface area contributed by atoms with Crippen LogP contribution >= 0.6 is 0 Å². The standard InChI is InChI=1S/C17H21NO8S/c1-5-8-27(21,22)18-17-16(25-10(2)19)14(20)15(26-17)11-6-7-12(23-3)13(9-11)24-4/h6-7,9,18,20H,5,8H2,1-4H3. The fourth-order valence-electron chi connectivity index (χ4n) is 2.35. The number of carbonyl (C=O) groups excluding carboxylic acids is 1. The lowest BCUT2D eigenvalue weighted by Crippen LogP contribution is -2.16. The molecule has 0 spiro atoms. The molecule has 2 aromatic rings. The molecule has 0 atom stereocenters. The Balaban J connectivity index is 2.56. The zero-order valence-corrected chi connectivity index (χ0v) is 16.2. The van der Waals surface area contributed by atoms with Gasteiger partial charge in [0.15, 0.2) is 17.3 Å². The normalized spacial score (nSPS) is 11.1. The van der Waals surface area contributed by atoms with Gasteiger partial charge in [-0.05, 0) is 24.6 Å². The van der Waals surface area contributed by atoms with Gasteiger partial charge in [0.25, 0.3) is 5.88 Å². The minimum Gasteiger partial charge on any atom is -0.502 e. The van der Waals surface area contributed by atoms with Crippen LogP contribution in [0.3, 0.4) is 0 Å². The summed E-state index contributed by atoms with van der Waals surface area (Å²) in [6.07, 6.45) is 0.369. The van der Waals surface area contributed by atoms with E-state index in [1.807, 2.05) is 0 Å². The van der Waals surface area contributed by atoms with Gasteiger partial charge in [-0.25, -0.2) is 13.1 Å². The smallest absolute Gasteiger partial charge is 0.308 e. The lowest BCUT2D eigenvalue weighted by molar-refractivity contribution is -0.131. The minimum absolute atomic E-state index is 0.0959. The molecule has 1 heterocycles. The van der Waals surface area contributed by atoms with Crippen molar-refractivity contribution in [3.8, 4) is 34.3 Å². The van der Waals surface area contributed by atoms with E-state index >= 15 is 0 Å². The number of sulfonamides is 1. The summed E-state index contributed by atoms with van der Waals surface area (Å²) in [6.45, 7) is 2.81. The Morgan fingerprint density at radius 1 is 1.22 bits per heavy atom. The zero-order valence-electron chi connectivity index (χ0n) is 15.4. The van der Waals surface area contributed by atoms with E-state index < -0.39 is 27.5 Å². The molecule has 0 unspecified atom stereocenters. The SMILES string of the molecule is CCCS(=O)(=O)Nc1oc(-c2ccc(OC)c(OC)c2)c(O)c1OC(C)=O. The summed E-state index contributed by atoms with van der Waals surface area (Å²) in [5, 5.41) is 10.5. The maximum Gasteiger partial charge on any atom is 0.308 e. The average molecular weight is 399 g/mol. The van der Waals surface area contributed by atoms with Crippen LogP contribution in [0.2, 0.25) is 0 Å². The Morgan fingerprint density at radius 3 is 2.44 bits per heavy atom. The van der Waals surface area contributed by atoms with Crippen molar-refractivity contribution in [1.82, 2.24) is 0 Å².